The summed E-state index contributed by atoms with van der Waals surface area (Å²) in [7, 11) is 1.46. The van der Waals surface area contributed by atoms with E-state index in [-0.39, 0.29) is 33.3 Å². The highest BCUT2D eigenvalue weighted by atomic mass is 35.5. The molecule has 2 aromatic heterocycles. The molecule has 13 heteroatoms. The van der Waals surface area contributed by atoms with Crippen LogP contribution < -0.4 is 10.5 Å². The van der Waals surface area contributed by atoms with Crippen molar-refractivity contribution in [2.24, 2.45) is 10.9 Å². The zero-order valence-corrected chi connectivity index (χ0v) is 19.2. The van der Waals surface area contributed by atoms with E-state index in [0.717, 1.165) is 12.3 Å². The number of amidine groups is 1. The van der Waals surface area contributed by atoms with Crippen molar-refractivity contribution in [1.29, 1.82) is 0 Å². The predicted molar refractivity (Wildman–Crippen MR) is 123 cm³/mol. The Balaban J connectivity index is 1.74. The van der Waals surface area contributed by atoms with Gasteiger partial charge >= 0.3 is 12.1 Å². The molecule has 0 atom stereocenters. The van der Waals surface area contributed by atoms with Gasteiger partial charge in [0.1, 0.15) is 11.3 Å². The Bertz CT molecular complexity index is 1450. The summed E-state index contributed by atoms with van der Waals surface area (Å²) in [5, 5.41) is 7.72. The Kier molecular flexibility index (Phi) is 6.55. The van der Waals surface area contributed by atoms with E-state index < -0.39 is 17.8 Å². The minimum atomic E-state index is -4.79. The molecule has 2 aromatic carbocycles. The van der Waals surface area contributed by atoms with Gasteiger partial charge < -0.3 is 15.3 Å². The lowest BCUT2D eigenvalue weighted by molar-refractivity contribution is -0.142. The van der Waals surface area contributed by atoms with Crippen LogP contribution in [0.1, 0.15) is 21.6 Å². The first-order valence-corrected chi connectivity index (χ1v) is 10.4. The molecule has 0 unspecified atom stereocenters. The summed E-state index contributed by atoms with van der Waals surface area (Å²) in [5.41, 5.74) is 4.50. The van der Waals surface area contributed by atoms with Crippen molar-refractivity contribution in [1.82, 2.24) is 14.6 Å². The van der Waals surface area contributed by atoms with Crippen LogP contribution >= 0.6 is 23.2 Å². The van der Waals surface area contributed by atoms with Crippen LogP contribution in [-0.4, -0.2) is 33.5 Å². The zero-order valence-electron chi connectivity index (χ0n) is 17.7. The maximum absolute atomic E-state index is 13.8. The predicted octanol–water partition coefficient (Wildman–Crippen LogP) is 5.21. The monoisotopic (exact) mass is 523 g/mol. The fraction of sp³-hybridized carbons (Fsp3) is 0.0909. The zero-order chi connectivity index (χ0) is 25.3. The summed E-state index contributed by atoms with van der Waals surface area (Å²) in [6.07, 6.45) is -3.89. The van der Waals surface area contributed by atoms with Crippen LogP contribution in [0.3, 0.4) is 0 Å². The quantitative estimate of drug-likeness (QED) is 0.167. The number of rotatable bonds is 5. The molecule has 0 aliphatic heterocycles. The van der Waals surface area contributed by atoms with Gasteiger partial charge in [-0.3, -0.25) is 0 Å². The van der Waals surface area contributed by atoms with Crippen molar-refractivity contribution >= 4 is 40.7 Å². The molecule has 0 saturated carbocycles. The van der Waals surface area contributed by atoms with Crippen LogP contribution in [0.15, 0.2) is 59.9 Å². The first-order valence-electron chi connectivity index (χ1n) is 9.69. The van der Waals surface area contributed by atoms with Crippen LogP contribution in [0.4, 0.5) is 13.2 Å². The number of halogens is 5. The number of ether oxygens (including phenoxy) is 1. The molecule has 0 bridgehead atoms. The van der Waals surface area contributed by atoms with Crippen molar-refractivity contribution in [3.63, 3.8) is 0 Å². The summed E-state index contributed by atoms with van der Waals surface area (Å²) in [6.45, 7) is 0. The molecule has 0 aliphatic rings. The number of benzene rings is 2. The van der Waals surface area contributed by atoms with Crippen molar-refractivity contribution in [2.75, 3.05) is 7.11 Å². The number of fused-ring (bicyclic) bond motifs is 1. The number of alkyl halides is 3. The lowest BCUT2D eigenvalue weighted by atomic mass is 10.1. The second-order valence-electron chi connectivity index (χ2n) is 7.03. The van der Waals surface area contributed by atoms with Gasteiger partial charge in [-0.25, -0.2) is 14.3 Å². The molecule has 35 heavy (non-hydrogen) atoms. The van der Waals surface area contributed by atoms with E-state index in [4.69, 9.17) is 38.5 Å². The lowest BCUT2D eigenvalue weighted by Gasteiger charge is -2.11. The third-order valence-corrected chi connectivity index (χ3v) is 5.35. The van der Waals surface area contributed by atoms with Crippen LogP contribution in [-0.2, 0) is 11.0 Å². The van der Waals surface area contributed by atoms with Crippen LogP contribution in [0.25, 0.3) is 16.9 Å². The highest BCUT2D eigenvalue weighted by Gasteiger charge is 2.36. The van der Waals surface area contributed by atoms with Gasteiger partial charge in [0.15, 0.2) is 17.2 Å². The lowest BCUT2D eigenvalue weighted by Crippen LogP contribution is -2.16. The van der Waals surface area contributed by atoms with Crippen LogP contribution in [0.2, 0.25) is 10.0 Å². The smallest absolute Gasteiger partial charge is 0.433 e. The Hall–Kier alpha value is -3.83. The third kappa shape index (κ3) is 5.00. The molecule has 8 nitrogen and oxygen atoms in total. The Labute approximate surface area is 205 Å². The number of hydrogen-bond donors (Lipinski definition) is 1. The number of hydrogen-bond acceptors (Lipinski definition) is 6. The maximum Gasteiger partial charge on any atom is 0.433 e. The van der Waals surface area contributed by atoms with Gasteiger partial charge in [-0.15, -0.1) is 0 Å². The molecule has 2 N–H and O–H groups in total. The van der Waals surface area contributed by atoms with Crippen LogP contribution in [0, 0.1) is 0 Å². The third-order valence-electron chi connectivity index (χ3n) is 4.80. The molecule has 0 fully saturated rings. The highest BCUT2D eigenvalue weighted by Crippen LogP contribution is 2.33. The molecule has 0 saturated heterocycles. The average molecular weight is 524 g/mol. The molecule has 0 amide bonds. The van der Waals surface area contributed by atoms with Crippen molar-refractivity contribution < 1.29 is 27.5 Å². The van der Waals surface area contributed by atoms with E-state index in [1.165, 1.54) is 37.4 Å². The molecule has 180 valence electrons. The molecular formula is C22H14Cl2F3N5O3. The molecule has 4 rings (SSSR count). The topological polar surface area (TPSA) is 104 Å². The van der Waals surface area contributed by atoms with Gasteiger partial charge in [-0.1, -0.05) is 28.4 Å². The standard InChI is InChI=1S/C22H14Cl2F3N5O3/c1-34-13-5-2-11(3-6-13)17-9-18(22(25,26)27)32-20(30-17)15(10-29-32)21(33)35-31-19(28)14-7-4-12(23)8-16(14)24/h2-10H,1H3,(H2,28,31). The summed E-state index contributed by atoms with van der Waals surface area (Å²) in [4.78, 5) is 21.7. The van der Waals surface area contributed by atoms with Gasteiger partial charge in [-0.05, 0) is 48.5 Å². The average Bonchev–Trinajstić information content (AvgIpc) is 3.25. The first kappa shape index (κ1) is 24.3. The molecule has 0 radical (unpaired) electrons. The molecular weight excluding hydrogens is 510 g/mol. The van der Waals surface area contributed by atoms with Gasteiger partial charge in [0.05, 0.1) is 24.0 Å². The second-order valence-corrected chi connectivity index (χ2v) is 7.87. The normalized spacial score (nSPS) is 12.1. The summed E-state index contributed by atoms with van der Waals surface area (Å²) < 4.78 is 46.9. The van der Waals surface area contributed by atoms with E-state index in [1.807, 2.05) is 0 Å². The van der Waals surface area contributed by atoms with Gasteiger partial charge in [0, 0.05) is 16.1 Å². The number of aromatic nitrogens is 3. The number of methoxy groups -OCH3 is 1. The minimum Gasteiger partial charge on any atom is -0.497 e. The number of carbonyl (C=O) groups is 1. The molecule has 0 aliphatic carbocycles. The van der Waals surface area contributed by atoms with E-state index in [1.54, 1.807) is 12.1 Å². The fourth-order valence-corrected chi connectivity index (χ4v) is 3.61. The number of nitrogens with zero attached hydrogens (tertiary/aromatic N) is 4. The number of oxime groups is 1. The van der Waals surface area contributed by atoms with Gasteiger partial charge in [0.2, 0.25) is 0 Å². The molecule has 2 heterocycles. The minimum absolute atomic E-state index is 0.0435. The summed E-state index contributed by atoms with van der Waals surface area (Å²) in [5.74, 6) is -0.865. The highest BCUT2D eigenvalue weighted by molar-refractivity contribution is 6.36. The van der Waals surface area contributed by atoms with Gasteiger partial charge in [0.25, 0.3) is 0 Å². The van der Waals surface area contributed by atoms with Gasteiger partial charge in [-0.2, -0.15) is 18.3 Å². The Morgan fingerprint density at radius 2 is 1.80 bits per heavy atom. The van der Waals surface area contributed by atoms with E-state index >= 15 is 0 Å². The van der Waals surface area contributed by atoms with E-state index in [0.29, 0.717) is 20.9 Å². The Morgan fingerprint density at radius 3 is 2.43 bits per heavy atom. The molecule has 4 aromatic rings. The second kappa shape index (κ2) is 9.43. The van der Waals surface area contributed by atoms with Crippen molar-refractivity contribution in [2.45, 2.75) is 6.18 Å². The maximum atomic E-state index is 13.8. The van der Waals surface area contributed by atoms with Crippen molar-refractivity contribution in [3.05, 3.63) is 81.6 Å². The van der Waals surface area contributed by atoms with Crippen molar-refractivity contribution in [3.8, 4) is 17.0 Å². The first-order chi connectivity index (χ1) is 16.6. The number of carbonyl (C=O) groups excluding carboxylic acids is 1. The summed E-state index contributed by atoms with van der Waals surface area (Å²) in [6, 6.07) is 11.4. The number of nitrogens with two attached hydrogens (primary N) is 1. The fourth-order valence-electron chi connectivity index (χ4n) is 3.10. The summed E-state index contributed by atoms with van der Waals surface area (Å²) >= 11 is 11.9. The Morgan fingerprint density at radius 1 is 1.09 bits per heavy atom. The largest absolute Gasteiger partial charge is 0.497 e. The SMILES string of the molecule is COc1ccc(-c2cc(C(F)(F)F)n3ncc(C(=O)O/N=C(\N)c4ccc(Cl)cc4Cl)c3n2)cc1. The van der Waals surface area contributed by atoms with E-state index in [9.17, 15) is 18.0 Å². The van der Waals surface area contributed by atoms with Crippen LogP contribution in [0.5, 0.6) is 5.75 Å². The molecule has 0 spiro atoms. The van der Waals surface area contributed by atoms with E-state index in [2.05, 4.69) is 15.2 Å².